The Balaban J connectivity index is 5.41. The van der Waals surface area contributed by atoms with Crippen LogP contribution in [-0.4, -0.2) is 33.0 Å². The zero-order valence-electron chi connectivity index (χ0n) is 15.0. The molecule has 0 aliphatic carbocycles. The molecule has 0 aliphatic rings. The van der Waals surface area contributed by atoms with E-state index in [2.05, 4.69) is 20.8 Å². The van der Waals surface area contributed by atoms with Crippen molar-refractivity contribution in [2.45, 2.75) is 77.5 Å². The maximum atomic E-state index is 11.8. The zero-order valence-corrected chi connectivity index (χ0v) is 17.5. The van der Waals surface area contributed by atoms with Crippen molar-refractivity contribution < 1.29 is 9.59 Å². The Kier molecular flexibility index (Phi) is 13.1. The predicted octanol–water partition coefficient (Wildman–Crippen LogP) is 6.25. The summed E-state index contributed by atoms with van der Waals surface area (Å²) in [5.41, 5.74) is 0. The highest BCUT2D eigenvalue weighted by Gasteiger charge is 2.46. The zero-order chi connectivity index (χ0) is 17.0. The molecule has 0 rings (SSSR count). The maximum absolute atomic E-state index is 11.8. The third-order valence-electron chi connectivity index (χ3n) is 3.85. The first-order valence-electron chi connectivity index (χ1n) is 8.62. The van der Waals surface area contributed by atoms with Crippen LogP contribution in [0.3, 0.4) is 0 Å². The van der Waals surface area contributed by atoms with Gasteiger partial charge in [-0.05, 0) is 42.8 Å². The molecule has 0 aromatic rings. The summed E-state index contributed by atoms with van der Waals surface area (Å²) < 4.78 is 0.187. The van der Waals surface area contributed by atoms with Crippen molar-refractivity contribution in [3.8, 4) is 0 Å². The number of carbonyl (C=O) groups is 2. The molecule has 0 aromatic heterocycles. The van der Waals surface area contributed by atoms with Gasteiger partial charge in [0.2, 0.25) is 0 Å². The van der Waals surface area contributed by atoms with Gasteiger partial charge in [0.15, 0.2) is 14.6 Å². The van der Waals surface area contributed by atoms with Gasteiger partial charge in [-0.2, -0.15) is 0 Å². The molecule has 0 saturated heterocycles. The van der Waals surface area contributed by atoms with E-state index in [1.54, 1.807) is 13.8 Å². The molecule has 22 heavy (non-hydrogen) atoms. The number of carbonyl (C=O) groups excluding carboxylic acids is 2. The van der Waals surface area contributed by atoms with E-state index in [9.17, 15) is 9.59 Å². The molecular formula is C17H34O2PS2+. The fourth-order valence-electron chi connectivity index (χ4n) is 2.60. The van der Waals surface area contributed by atoms with Gasteiger partial charge in [-0.25, -0.2) is 0 Å². The lowest BCUT2D eigenvalue weighted by Gasteiger charge is -2.33. The van der Waals surface area contributed by atoms with Gasteiger partial charge in [0, 0.05) is 21.1 Å². The second-order valence-corrected chi connectivity index (χ2v) is 13.8. The van der Waals surface area contributed by atoms with E-state index in [0.29, 0.717) is 0 Å². The van der Waals surface area contributed by atoms with Crippen LogP contribution in [0.2, 0.25) is 0 Å². The van der Waals surface area contributed by atoms with Crippen LogP contribution in [0.4, 0.5) is 0 Å². The van der Waals surface area contributed by atoms with Crippen LogP contribution < -0.4 is 0 Å². The first kappa shape index (κ1) is 22.5. The van der Waals surface area contributed by atoms with Gasteiger partial charge in [0.05, 0.1) is 18.5 Å². The van der Waals surface area contributed by atoms with Crippen LogP contribution >= 0.6 is 30.8 Å². The number of rotatable bonds is 12. The summed E-state index contributed by atoms with van der Waals surface area (Å²) in [5.74, 6) is 0. The molecule has 130 valence electrons. The van der Waals surface area contributed by atoms with Gasteiger partial charge in [-0.3, -0.25) is 9.59 Å². The average molecular weight is 366 g/mol. The molecule has 0 spiro atoms. The summed E-state index contributed by atoms with van der Waals surface area (Å²) in [5, 5.41) is 0.320. The van der Waals surface area contributed by atoms with Crippen LogP contribution in [0.5, 0.6) is 0 Å². The molecule has 0 aliphatic heterocycles. The average Bonchev–Trinajstić information content (AvgIpc) is 2.45. The van der Waals surface area contributed by atoms with E-state index in [1.807, 2.05) is 0 Å². The number of hydrogen-bond acceptors (Lipinski definition) is 4. The van der Waals surface area contributed by atoms with Crippen molar-refractivity contribution in [3.63, 3.8) is 0 Å². The Morgan fingerprint density at radius 2 is 1.09 bits per heavy atom. The summed E-state index contributed by atoms with van der Waals surface area (Å²) in [4.78, 5) is 23.5. The standard InChI is InChI=1S/C17H34O2PS2/c1-6-9-12-20(13-10-7-2,14-11-8-3)17(21-15(4)18)22-16(5)19/h17H,6-14H2,1-5H3/q+1. The Morgan fingerprint density at radius 1 is 0.773 bits per heavy atom. The summed E-state index contributed by atoms with van der Waals surface area (Å²) in [6.45, 7) is 10.00. The highest BCUT2D eigenvalue weighted by molar-refractivity contribution is 8.36. The Labute approximate surface area is 146 Å². The van der Waals surface area contributed by atoms with E-state index in [0.717, 1.165) is 0 Å². The summed E-state index contributed by atoms with van der Waals surface area (Å²) in [6.07, 6.45) is 11.0. The lowest BCUT2D eigenvalue weighted by molar-refractivity contribution is -0.109. The third-order valence-corrected chi connectivity index (χ3v) is 13.3. The molecule has 0 heterocycles. The van der Waals surface area contributed by atoms with Crippen molar-refractivity contribution >= 4 is 41.0 Å². The van der Waals surface area contributed by atoms with Gasteiger partial charge < -0.3 is 0 Å². The number of unbranched alkanes of at least 4 members (excludes halogenated alkanes) is 3. The van der Waals surface area contributed by atoms with Crippen molar-refractivity contribution in [1.29, 1.82) is 0 Å². The minimum atomic E-state index is -1.28. The Bertz CT molecular complexity index is 297. The van der Waals surface area contributed by atoms with Crippen LogP contribution in [0, 0.1) is 0 Å². The first-order chi connectivity index (χ1) is 10.4. The molecule has 0 saturated carbocycles. The largest absolute Gasteiger partial charge is 0.287 e. The van der Waals surface area contributed by atoms with E-state index in [4.69, 9.17) is 0 Å². The highest BCUT2D eigenvalue weighted by atomic mass is 32.2. The van der Waals surface area contributed by atoms with E-state index < -0.39 is 7.26 Å². The van der Waals surface area contributed by atoms with Crippen molar-refractivity contribution in [3.05, 3.63) is 0 Å². The molecule has 0 bridgehead atoms. The molecule has 0 aromatic carbocycles. The minimum Gasteiger partial charge on any atom is -0.287 e. The number of thioether (sulfide) groups is 2. The molecule has 0 N–H and O–H groups in total. The van der Waals surface area contributed by atoms with Gasteiger partial charge in [0.25, 0.3) is 0 Å². The van der Waals surface area contributed by atoms with Gasteiger partial charge in [-0.15, -0.1) is 0 Å². The number of hydrogen-bond donors (Lipinski definition) is 0. The van der Waals surface area contributed by atoms with Crippen LogP contribution in [-0.2, 0) is 9.59 Å². The predicted molar refractivity (Wildman–Crippen MR) is 107 cm³/mol. The molecule has 0 unspecified atom stereocenters. The fourth-order valence-corrected chi connectivity index (χ4v) is 12.9. The van der Waals surface area contributed by atoms with Crippen molar-refractivity contribution in [2.24, 2.45) is 0 Å². The van der Waals surface area contributed by atoms with Gasteiger partial charge >= 0.3 is 0 Å². The topological polar surface area (TPSA) is 34.1 Å². The van der Waals surface area contributed by atoms with Crippen molar-refractivity contribution in [2.75, 3.05) is 18.5 Å². The van der Waals surface area contributed by atoms with Crippen LogP contribution in [0.25, 0.3) is 0 Å². The van der Waals surface area contributed by atoms with E-state index in [-0.39, 0.29) is 14.6 Å². The molecule has 0 fully saturated rings. The van der Waals surface area contributed by atoms with Gasteiger partial charge in [-0.1, -0.05) is 40.0 Å². The molecule has 2 nitrogen and oxygen atoms in total. The van der Waals surface area contributed by atoms with Crippen LogP contribution in [0.15, 0.2) is 0 Å². The fraction of sp³-hybridized carbons (Fsp3) is 0.882. The lowest BCUT2D eigenvalue weighted by atomic mass is 10.4. The quantitative estimate of drug-likeness (QED) is 0.302. The molecule has 5 heteroatoms. The SMILES string of the molecule is CCCC[P+](CCCC)(CCCC)C(SC(C)=O)SC(C)=O. The normalized spacial score (nSPS) is 11.9. The Hall–Kier alpha value is 0.470. The second-order valence-electron chi connectivity index (χ2n) is 5.98. The molecule has 0 atom stereocenters. The minimum absolute atomic E-state index is 0.160. The lowest BCUT2D eigenvalue weighted by Crippen LogP contribution is -2.20. The van der Waals surface area contributed by atoms with Crippen molar-refractivity contribution in [1.82, 2.24) is 0 Å². The summed E-state index contributed by atoms with van der Waals surface area (Å²) in [7, 11) is -1.28. The van der Waals surface area contributed by atoms with Gasteiger partial charge in [0.1, 0.15) is 0 Å². The molecular weight excluding hydrogens is 331 g/mol. The van der Waals surface area contributed by atoms with E-state index in [1.165, 1.54) is 80.5 Å². The summed E-state index contributed by atoms with van der Waals surface area (Å²) in [6, 6.07) is 0. The smallest absolute Gasteiger partial charge is 0.190 e. The van der Waals surface area contributed by atoms with Crippen LogP contribution in [0.1, 0.15) is 73.1 Å². The second kappa shape index (κ2) is 12.8. The highest BCUT2D eigenvalue weighted by Crippen LogP contribution is 2.70. The molecule has 0 radical (unpaired) electrons. The first-order valence-corrected chi connectivity index (χ1v) is 12.8. The summed E-state index contributed by atoms with van der Waals surface area (Å²) >= 11 is 2.88. The monoisotopic (exact) mass is 365 g/mol. The van der Waals surface area contributed by atoms with E-state index >= 15 is 0 Å². The maximum Gasteiger partial charge on any atom is 0.190 e. The Morgan fingerprint density at radius 3 is 1.32 bits per heavy atom. The third kappa shape index (κ3) is 8.93. The molecule has 0 amide bonds.